The fraction of sp³-hybridized carbons (Fsp3) is 0.364. The van der Waals surface area contributed by atoms with E-state index in [1.165, 1.54) is 0 Å². The maximum absolute atomic E-state index is 12.4. The van der Waals surface area contributed by atoms with Gasteiger partial charge in [0.2, 0.25) is 0 Å². The number of benzene rings is 2. The summed E-state index contributed by atoms with van der Waals surface area (Å²) in [4.78, 5) is 28.1. The lowest BCUT2D eigenvalue weighted by Gasteiger charge is -2.33. The number of carbonyl (C=O) groups is 2. The minimum Gasteiger partial charge on any atom is -0.490 e. The van der Waals surface area contributed by atoms with E-state index in [9.17, 15) is 14.7 Å². The molecule has 0 saturated carbocycles. The molecule has 1 atom stereocenters. The second-order valence-electron chi connectivity index (χ2n) is 7.61. The molecular weight excluding hydrogens is 427 g/mol. The molecule has 1 saturated heterocycles. The minimum absolute atomic E-state index is 0.00789. The Hall–Kier alpha value is -2.12. The molecule has 0 bridgehead atoms. The third kappa shape index (κ3) is 4.47. The largest absolute Gasteiger partial charge is 0.490 e. The second-order valence-corrected chi connectivity index (χ2v) is 8.43. The van der Waals surface area contributed by atoms with Crippen LogP contribution >= 0.6 is 23.2 Å². The number of halogens is 2. The highest BCUT2D eigenvalue weighted by Gasteiger charge is 2.36. The second kappa shape index (κ2) is 8.94. The lowest BCUT2D eigenvalue weighted by molar-refractivity contribution is 0.0372. The van der Waals surface area contributed by atoms with Crippen molar-refractivity contribution in [3.63, 3.8) is 0 Å². The summed E-state index contributed by atoms with van der Waals surface area (Å²) in [6.07, 6.45) is 0.867. The van der Waals surface area contributed by atoms with E-state index in [0.29, 0.717) is 33.5 Å². The Bertz CT molecular complexity index is 925. The molecule has 8 heteroatoms. The summed E-state index contributed by atoms with van der Waals surface area (Å²) in [6, 6.07) is 12.0. The monoisotopic (exact) mass is 448 g/mol. The Morgan fingerprint density at radius 3 is 2.20 bits per heavy atom. The third-order valence-electron chi connectivity index (χ3n) is 5.47. The van der Waals surface area contributed by atoms with Crippen LogP contribution in [0.15, 0.2) is 42.5 Å². The molecule has 1 unspecified atom stereocenters. The van der Waals surface area contributed by atoms with E-state index in [2.05, 4.69) is 4.90 Å². The van der Waals surface area contributed by atoms with Crippen molar-refractivity contribution in [3.8, 4) is 5.75 Å². The molecule has 158 valence electrons. The molecular formula is C22H22Cl2N2O4. The molecule has 2 aromatic rings. The summed E-state index contributed by atoms with van der Waals surface area (Å²) in [5.41, 5.74) is 0.796. The van der Waals surface area contributed by atoms with Gasteiger partial charge in [0.25, 0.3) is 11.8 Å². The van der Waals surface area contributed by atoms with Gasteiger partial charge in [0.15, 0.2) is 0 Å². The lowest BCUT2D eigenvalue weighted by atomic mass is 10.1. The Labute approximate surface area is 184 Å². The van der Waals surface area contributed by atoms with Crippen molar-refractivity contribution in [3.05, 3.63) is 63.6 Å². The maximum atomic E-state index is 12.4. The summed E-state index contributed by atoms with van der Waals surface area (Å²) in [7, 11) is 0. The van der Waals surface area contributed by atoms with Crippen LogP contribution in [0.2, 0.25) is 10.0 Å². The first-order valence-corrected chi connectivity index (χ1v) is 10.7. The lowest BCUT2D eigenvalue weighted by Crippen LogP contribution is -2.46. The molecule has 2 aliphatic heterocycles. The molecule has 1 fully saturated rings. The van der Waals surface area contributed by atoms with E-state index >= 15 is 0 Å². The molecule has 1 N–H and O–H groups in total. The number of hydrogen-bond donors (Lipinski definition) is 1. The first kappa shape index (κ1) is 21.1. The van der Waals surface area contributed by atoms with Crippen LogP contribution in [0.3, 0.4) is 0 Å². The summed E-state index contributed by atoms with van der Waals surface area (Å²) in [6.45, 7) is 1.90. The number of rotatable bonds is 6. The van der Waals surface area contributed by atoms with Crippen LogP contribution in [0.5, 0.6) is 5.75 Å². The highest BCUT2D eigenvalue weighted by atomic mass is 35.5. The first-order chi connectivity index (χ1) is 14.4. The highest BCUT2D eigenvalue weighted by molar-refractivity contribution is 6.42. The van der Waals surface area contributed by atoms with Crippen LogP contribution in [0.4, 0.5) is 0 Å². The zero-order valence-corrected chi connectivity index (χ0v) is 17.8. The maximum Gasteiger partial charge on any atom is 0.261 e. The molecule has 0 aromatic heterocycles. The summed E-state index contributed by atoms with van der Waals surface area (Å²) in [5.74, 6) is 0.000256. The molecule has 0 aliphatic carbocycles. The van der Waals surface area contributed by atoms with Crippen LogP contribution in [-0.2, 0) is 0 Å². The number of β-amino-alcohol motifs (C(OH)–C–C–N with tert-alkyl or cyclic N) is 1. The van der Waals surface area contributed by atoms with Crippen LogP contribution < -0.4 is 4.74 Å². The molecule has 6 nitrogen and oxygen atoms in total. The number of carbonyl (C=O) groups excluding carboxylic acids is 2. The van der Waals surface area contributed by atoms with Crippen LogP contribution in [0.25, 0.3) is 0 Å². The number of piperidine rings is 1. The minimum atomic E-state index is -0.806. The zero-order valence-electron chi connectivity index (χ0n) is 16.3. The molecule has 0 radical (unpaired) electrons. The number of fused-ring (bicyclic) bond motifs is 1. The number of hydrogen-bond acceptors (Lipinski definition) is 5. The Kier molecular flexibility index (Phi) is 6.29. The molecule has 2 aliphatic rings. The number of aliphatic hydroxyl groups excluding tert-OH is 1. The third-order valence-corrected chi connectivity index (χ3v) is 6.21. The fourth-order valence-corrected chi connectivity index (χ4v) is 4.21. The zero-order chi connectivity index (χ0) is 21.3. The van der Waals surface area contributed by atoms with Crippen molar-refractivity contribution < 1.29 is 19.4 Å². The van der Waals surface area contributed by atoms with E-state index in [4.69, 9.17) is 27.9 Å². The van der Waals surface area contributed by atoms with Gasteiger partial charge < -0.3 is 14.7 Å². The molecule has 2 amide bonds. The predicted octanol–water partition coefficient (Wildman–Crippen LogP) is 3.49. The van der Waals surface area contributed by atoms with E-state index in [0.717, 1.165) is 30.8 Å². The average molecular weight is 449 g/mol. The van der Waals surface area contributed by atoms with Crippen molar-refractivity contribution in [2.24, 2.45) is 0 Å². The number of ether oxygens (including phenoxy) is 1. The van der Waals surface area contributed by atoms with Gasteiger partial charge in [-0.3, -0.25) is 14.5 Å². The van der Waals surface area contributed by atoms with Crippen molar-refractivity contribution >= 4 is 35.0 Å². The van der Waals surface area contributed by atoms with Gasteiger partial charge in [-0.25, -0.2) is 0 Å². The summed E-state index contributed by atoms with van der Waals surface area (Å²) in [5, 5.41) is 11.4. The number of imide groups is 1. The van der Waals surface area contributed by atoms with Gasteiger partial charge in [0.05, 0.1) is 33.8 Å². The Balaban J connectivity index is 1.26. The number of amides is 2. The topological polar surface area (TPSA) is 70.1 Å². The van der Waals surface area contributed by atoms with Crippen LogP contribution in [0.1, 0.15) is 33.6 Å². The SMILES string of the molecule is O=C1c2ccccc2C(=O)N1CC(O)CN1CCC(Oc2ccc(Cl)c(Cl)c2)CC1. The van der Waals surface area contributed by atoms with Crippen molar-refractivity contribution in [1.82, 2.24) is 9.80 Å². The summed E-state index contributed by atoms with van der Waals surface area (Å²) < 4.78 is 5.99. The van der Waals surface area contributed by atoms with Gasteiger partial charge in [-0.1, -0.05) is 35.3 Å². The van der Waals surface area contributed by atoms with Gasteiger partial charge in [0, 0.05) is 25.7 Å². The Morgan fingerprint density at radius 2 is 1.60 bits per heavy atom. The van der Waals surface area contributed by atoms with E-state index in [-0.39, 0.29) is 24.5 Å². The van der Waals surface area contributed by atoms with Gasteiger partial charge >= 0.3 is 0 Å². The van der Waals surface area contributed by atoms with Gasteiger partial charge in [-0.15, -0.1) is 0 Å². The Morgan fingerprint density at radius 1 is 0.967 bits per heavy atom. The number of nitrogens with zero attached hydrogens (tertiary/aromatic N) is 2. The molecule has 0 spiro atoms. The average Bonchev–Trinajstić information content (AvgIpc) is 2.97. The first-order valence-electron chi connectivity index (χ1n) is 9.89. The van der Waals surface area contributed by atoms with E-state index in [1.54, 1.807) is 42.5 Å². The molecule has 4 rings (SSSR count). The van der Waals surface area contributed by atoms with Crippen LogP contribution in [-0.4, -0.2) is 65.1 Å². The predicted molar refractivity (Wildman–Crippen MR) is 114 cm³/mol. The van der Waals surface area contributed by atoms with Gasteiger partial charge in [-0.05, 0) is 37.1 Å². The fourth-order valence-electron chi connectivity index (χ4n) is 3.92. The molecule has 2 heterocycles. The summed E-state index contributed by atoms with van der Waals surface area (Å²) >= 11 is 12.0. The van der Waals surface area contributed by atoms with Crippen molar-refractivity contribution in [1.29, 1.82) is 0 Å². The molecule has 30 heavy (non-hydrogen) atoms. The van der Waals surface area contributed by atoms with E-state index in [1.807, 2.05) is 0 Å². The van der Waals surface area contributed by atoms with Gasteiger partial charge in [0.1, 0.15) is 11.9 Å². The number of aliphatic hydroxyl groups is 1. The highest BCUT2D eigenvalue weighted by Crippen LogP contribution is 2.28. The normalized spacial score (nSPS) is 18.6. The van der Waals surface area contributed by atoms with Crippen molar-refractivity contribution in [2.45, 2.75) is 25.0 Å². The number of likely N-dealkylation sites (tertiary alicyclic amines) is 1. The van der Waals surface area contributed by atoms with Crippen LogP contribution in [0, 0.1) is 0 Å². The van der Waals surface area contributed by atoms with E-state index < -0.39 is 6.10 Å². The smallest absolute Gasteiger partial charge is 0.261 e. The van der Waals surface area contributed by atoms with Crippen molar-refractivity contribution in [2.75, 3.05) is 26.2 Å². The quantitative estimate of drug-likeness (QED) is 0.684. The molecule has 2 aromatic carbocycles. The standard InChI is InChI=1S/C22H22Cl2N2O4/c23-19-6-5-16(11-20(19)24)30-15-7-9-25(10-8-15)12-14(27)13-26-21(28)17-3-1-2-4-18(17)22(26)29/h1-6,11,14-15,27H,7-10,12-13H2. The van der Waals surface area contributed by atoms with Gasteiger partial charge in [-0.2, -0.15) is 0 Å².